The average Bonchev–Trinajstić information content (AvgIpc) is 2.04. The zero-order valence-electron chi connectivity index (χ0n) is 7.88. The summed E-state index contributed by atoms with van der Waals surface area (Å²) >= 11 is 0. The number of esters is 1. The largest absolute Gasteiger partial charge is 0.460 e. The Morgan fingerprint density at radius 1 is 1.42 bits per heavy atom. The molecule has 0 amide bonds. The predicted molar refractivity (Wildman–Crippen MR) is 46.8 cm³/mol. The van der Waals surface area contributed by atoms with Gasteiger partial charge in [0, 0.05) is 6.42 Å². The second-order valence-corrected chi connectivity index (χ2v) is 2.83. The standard InChI is InChI=1S/C9H18O3/c1-3-5-8(7-10)12-9(11)6-4-2/h8,10H,3-7H2,1-2H3. The number of ether oxygens (including phenoxy) is 1. The number of rotatable bonds is 6. The van der Waals surface area contributed by atoms with Crippen LogP contribution in [-0.4, -0.2) is 23.8 Å². The van der Waals surface area contributed by atoms with Crippen LogP contribution in [-0.2, 0) is 9.53 Å². The van der Waals surface area contributed by atoms with Gasteiger partial charge in [0.05, 0.1) is 6.61 Å². The predicted octanol–water partition coefficient (Wildman–Crippen LogP) is 1.49. The lowest BCUT2D eigenvalue weighted by atomic mass is 10.2. The minimum absolute atomic E-state index is 0.0662. The third-order valence-electron chi connectivity index (χ3n) is 1.57. The number of hydrogen-bond acceptors (Lipinski definition) is 3. The van der Waals surface area contributed by atoms with Crippen molar-refractivity contribution in [1.29, 1.82) is 0 Å². The lowest BCUT2D eigenvalue weighted by Gasteiger charge is -2.13. The smallest absolute Gasteiger partial charge is 0.306 e. The number of aliphatic hydroxyl groups excluding tert-OH is 1. The molecule has 12 heavy (non-hydrogen) atoms. The van der Waals surface area contributed by atoms with Crippen LogP contribution in [0.15, 0.2) is 0 Å². The number of carbonyl (C=O) groups excluding carboxylic acids is 1. The van der Waals surface area contributed by atoms with E-state index in [1.165, 1.54) is 0 Å². The summed E-state index contributed by atoms with van der Waals surface area (Å²) in [5.74, 6) is -0.204. The Labute approximate surface area is 73.7 Å². The maximum Gasteiger partial charge on any atom is 0.306 e. The molecule has 0 saturated carbocycles. The van der Waals surface area contributed by atoms with Crippen LogP contribution in [0.5, 0.6) is 0 Å². The van der Waals surface area contributed by atoms with Crippen molar-refractivity contribution in [2.24, 2.45) is 0 Å². The maximum atomic E-state index is 11.0. The molecule has 0 aliphatic rings. The van der Waals surface area contributed by atoms with Crippen LogP contribution in [0.4, 0.5) is 0 Å². The minimum atomic E-state index is -0.297. The summed E-state index contributed by atoms with van der Waals surface area (Å²) in [5, 5.41) is 8.80. The first-order valence-corrected chi connectivity index (χ1v) is 4.54. The van der Waals surface area contributed by atoms with Crippen LogP contribution >= 0.6 is 0 Å². The van der Waals surface area contributed by atoms with Gasteiger partial charge < -0.3 is 9.84 Å². The molecule has 0 aromatic heterocycles. The molecule has 1 unspecified atom stereocenters. The fraction of sp³-hybridized carbons (Fsp3) is 0.889. The molecule has 0 fully saturated rings. The van der Waals surface area contributed by atoms with Crippen molar-refractivity contribution >= 4 is 5.97 Å². The minimum Gasteiger partial charge on any atom is -0.460 e. The van der Waals surface area contributed by atoms with Gasteiger partial charge in [-0.15, -0.1) is 0 Å². The molecule has 0 radical (unpaired) electrons. The quantitative estimate of drug-likeness (QED) is 0.620. The topological polar surface area (TPSA) is 46.5 Å². The summed E-state index contributed by atoms with van der Waals surface area (Å²) < 4.78 is 4.99. The Hall–Kier alpha value is -0.570. The van der Waals surface area contributed by atoms with Crippen LogP contribution in [0.25, 0.3) is 0 Å². The zero-order valence-corrected chi connectivity index (χ0v) is 7.88. The third-order valence-corrected chi connectivity index (χ3v) is 1.57. The summed E-state index contributed by atoms with van der Waals surface area (Å²) in [6.45, 7) is 3.86. The Morgan fingerprint density at radius 3 is 2.50 bits per heavy atom. The first kappa shape index (κ1) is 11.4. The van der Waals surface area contributed by atoms with Gasteiger partial charge in [0.25, 0.3) is 0 Å². The van der Waals surface area contributed by atoms with Crippen LogP contribution in [0, 0.1) is 0 Å². The molecule has 1 atom stereocenters. The molecule has 0 spiro atoms. The second kappa shape index (κ2) is 7.10. The van der Waals surface area contributed by atoms with Gasteiger partial charge >= 0.3 is 5.97 Å². The molecular weight excluding hydrogens is 156 g/mol. The summed E-state index contributed by atoms with van der Waals surface area (Å²) in [6, 6.07) is 0. The van der Waals surface area contributed by atoms with E-state index < -0.39 is 0 Å². The monoisotopic (exact) mass is 174 g/mol. The molecule has 0 aromatic carbocycles. The lowest BCUT2D eigenvalue weighted by molar-refractivity contribution is -0.151. The molecule has 0 heterocycles. The second-order valence-electron chi connectivity index (χ2n) is 2.83. The maximum absolute atomic E-state index is 11.0. The van der Waals surface area contributed by atoms with Gasteiger partial charge in [-0.05, 0) is 12.8 Å². The fourth-order valence-corrected chi connectivity index (χ4v) is 0.958. The first-order chi connectivity index (χ1) is 5.74. The van der Waals surface area contributed by atoms with E-state index in [0.29, 0.717) is 6.42 Å². The van der Waals surface area contributed by atoms with Crippen LogP contribution < -0.4 is 0 Å². The van der Waals surface area contributed by atoms with E-state index in [4.69, 9.17) is 9.84 Å². The molecule has 0 bridgehead atoms. The highest BCUT2D eigenvalue weighted by atomic mass is 16.5. The Morgan fingerprint density at radius 2 is 2.08 bits per heavy atom. The molecule has 1 N–H and O–H groups in total. The zero-order chi connectivity index (χ0) is 9.40. The molecule has 72 valence electrons. The number of aliphatic hydroxyl groups is 1. The van der Waals surface area contributed by atoms with Gasteiger partial charge in [0.1, 0.15) is 6.10 Å². The van der Waals surface area contributed by atoms with Gasteiger partial charge in [-0.3, -0.25) is 4.79 Å². The molecule has 3 nitrogen and oxygen atoms in total. The van der Waals surface area contributed by atoms with Crippen molar-refractivity contribution < 1.29 is 14.6 Å². The molecule has 0 rings (SSSR count). The molecule has 3 heteroatoms. The highest BCUT2D eigenvalue weighted by Crippen LogP contribution is 2.03. The van der Waals surface area contributed by atoms with E-state index >= 15 is 0 Å². The molecular formula is C9H18O3. The SMILES string of the molecule is CCCC(=O)OC(CO)CCC. The van der Waals surface area contributed by atoms with E-state index in [1.807, 2.05) is 13.8 Å². The van der Waals surface area contributed by atoms with Gasteiger partial charge in [-0.1, -0.05) is 20.3 Å². The van der Waals surface area contributed by atoms with Crippen molar-refractivity contribution in [2.45, 2.75) is 45.6 Å². The van der Waals surface area contributed by atoms with Crippen LogP contribution in [0.1, 0.15) is 39.5 Å². The summed E-state index contributed by atoms with van der Waals surface area (Å²) in [7, 11) is 0. The highest BCUT2D eigenvalue weighted by molar-refractivity contribution is 5.69. The normalized spacial score (nSPS) is 12.6. The average molecular weight is 174 g/mol. The molecule has 0 aliphatic carbocycles. The van der Waals surface area contributed by atoms with E-state index in [2.05, 4.69) is 0 Å². The van der Waals surface area contributed by atoms with E-state index in [-0.39, 0.29) is 18.7 Å². The first-order valence-electron chi connectivity index (χ1n) is 4.54. The van der Waals surface area contributed by atoms with Gasteiger partial charge in [0.15, 0.2) is 0 Å². The molecule has 0 saturated heterocycles. The van der Waals surface area contributed by atoms with Crippen molar-refractivity contribution in [3.63, 3.8) is 0 Å². The Balaban J connectivity index is 3.61. The van der Waals surface area contributed by atoms with Crippen LogP contribution in [0.2, 0.25) is 0 Å². The molecule has 0 aromatic rings. The number of carbonyl (C=O) groups is 1. The van der Waals surface area contributed by atoms with Crippen molar-refractivity contribution in [3.8, 4) is 0 Å². The van der Waals surface area contributed by atoms with Gasteiger partial charge in [0.2, 0.25) is 0 Å². The summed E-state index contributed by atoms with van der Waals surface area (Å²) in [5.41, 5.74) is 0. The highest BCUT2D eigenvalue weighted by Gasteiger charge is 2.10. The Kier molecular flexibility index (Phi) is 6.76. The van der Waals surface area contributed by atoms with Gasteiger partial charge in [-0.25, -0.2) is 0 Å². The van der Waals surface area contributed by atoms with Gasteiger partial charge in [-0.2, -0.15) is 0 Å². The molecule has 0 aliphatic heterocycles. The van der Waals surface area contributed by atoms with Crippen LogP contribution in [0.3, 0.4) is 0 Å². The lowest BCUT2D eigenvalue weighted by Crippen LogP contribution is -2.21. The van der Waals surface area contributed by atoms with Crippen molar-refractivity contribution in [3.05, 3.63) is 0 Å². The number of hydrogen-bond donors (Lipinski definition) is 1. The van der Waals surface area contributed by atoms with Crippen molar-refractivity contribution in [1.82, 2.24) is 0 Å². The third kappa shape index (κ3) is 5.13. The van der Waals surface area contributed by atoms with E-state index in [1.54, 1.807) is 0 Å². The van der Waals surface area contributed by atoms with E-state index in [9.17, 15) is 4.79 Å². The van der Waals surface area contributed by atoms with E-state index in [0.717, 1.165) is 19.3 Å². The Bertz CT molecular complexity index is 123. The fourth-order valence-electron chi connectivity index (χ4n) is 0.958. The van der Waals surface area contributed by atoms with Crippen molar-refractivity contribution in [2.75, 3.05) is 6.61 Å². The summed E-state index contributed by atoms with van der Waals surface area (Å²) in [6.07, 6.45) is 2.61. The summed E-state index contributed by atoms with van der Waals surface area (Å²) in [4.78, 5) is 11.0.